The first-order valence-corrected chi connectivity index (χ1v) is 12.5. The minimum absolute atomic E-state index is 0.0315. The largest absolute Gasteiger partial charge is 0.504 e. The van der Waals surface area contributed by atoms with Crippen molar-refractivity contribution in [3.8, 4) is 11.5 Å². The first-order chi connectivity index (χ1) is 17.3. The second-order valence-electron chi connectivity index (χ2n) is 10.1. The molecule has 5 nitrogen and oxygen atoms in total. The summed E-state index contributed by atoms with van der Waals surface area (Å²) in [6, 6.07) is 21.6. The lowest BCUT2D eigenvalue weighted by atomic mass is 9.88. The molecule has 1 saturated heterocycles. The van der Waals surface area contributed by atoms with Gasteiger partial charge in [0.1, 0.15) is 5.82 Å². The summed E-state index contributed by atoms with van der Waals surface area (Å²) in [6.45, 7) is 7.71. The zero-order valence-corrected chi connectivity index (χ0v) is 21.2. The molecule has 3 aromatic rings. The van der Waals surface area contributed by atoms with Gasteiger partial charge in [0.2, 0.25) is 0 Å². The topological polar surface area (TPSA) is 53.0 Å². The Morgan fingerprint density at radius 3 is 2.56 bits per heavy atom. The Morgan fingerprint density at radius 1 is 1.08 bits per heavy atom. The van der Waals surface area contributed by atoms with E-state index in [9.17, 15) is 14.3 Å². The van der Waals surface area contributed by atoms with E-state index in [2.05, 4.69) is 18.7 Å². The molecule has 0 radical (unpaired) electrons. The van der Waals surface area contributed by atoms with Gasteiger partial charge in [0, 0.05) is 44.2 Å². The van der Waals surface area contributed by atoms with Crippen LogP contribution in [0.4, 0.5) is 4.39 Å². The highest BCUT2D eigenvalue weighted by Crippen LogP contribution is 2.36. The molecule has 0 aromatic heterocycles. The van der Waals surface area contributed by atoms with E-state index in [4.69, 9.17) is 4.74 Å². The second kappa shape index (κ2) is 11.6. The predicted molar refractivity (Wildman–Crippen MR) is 140 cm³/mol. The number of benzene rings is 3. The molecule has 190 valence electrons. The van der Waals surface area contributed by atoms with E-state index in [1.54, 1.807) is 18.2 Å². The molecule has 1 aliphatic heterocycles. The van der Waals surface area contributed by atoms with Gasteiger partial charge in [-0.3, -0.25) is 9.69 Å². The maximum Gasteiger partial charge on any atom is 0.253 e. The number of methoxy groups -OCH3 is 1. The highest BCUT2D eigenvalue weighted by Gasteiger charge is 2.36. The Balaban J connectivity index is 1.59. The molecule has 0 bridgehead atoms. The average molecular weight is 491 g/mol. The molecule has 0 aliphatic carbocycles. The first-order valence-electron chi connectivity index (χ1n) is 12.5. The summed E-state index contributed by atoms with van der Waals surface area (Å²) in [5, 5.41) is 9.96. The highest BCUT2D eigenvalue weighted by atomic mass is 19.1. The number of likely N-dealkylation sites (tertiary alicyclic amines) is 1. The standard InChI is InChI=1S/C30H35FN2O3/c1-21(2)16-33(30(35)23-8-5-4-6-9-23)19-25-18-32(17-22-12-13-28(34)29(14-22)36-3)20-27(25)24-10-7-11-26(31)15-24/h4-15,21,25,27,34H,16-20H2,1-3H3. The molecule has 1 heterocycles. The van der Waals surface area contributed by atoms with E-state index in [1.807, 2.05) is 53.4 Å². The van der Waals surface area contributed by atoms with Crippen molar-refractivity contribution in [1.29, 1.82) is 0 Å². The number of halogens is 1. The molecule has 1 amide bonds. The normalized spacial score (nSPS) is 17.9. The third kappa shape index (κ3) is 6.24. The van der Waals surface area contributed by atoms with Gasteiger partial charge in [0.15, 0.2) is 11.5 Å². The third-order valence-electron chi connectivity index (χ3n) is 6.79. The zero-order chi connectivity index (χ0) is 25.7. The molecule has 0 saturated carbocycles. The predicted octanol–water partition coefficient (Wildman–Crippen LogP) is 5.55. The molecule has 3 aromatic carbocycles. The van der Waals surface area contributed by atoms with Crippen molar-refractivity contribution in [2.45, 2.75) is 26.3 Å². The quantitative estimate of drug-likeness (QED) is 0.427. The Morgan fingerprint density at radius 2 is 1.86 bits per heavy atom. The van der Waals surface area contributed by atoms with E-state index < -0.39 is 0 Å². The fourth-order valence-electron chi connectivity index (χ4n) is 5.20. The van der Waals surface area contributed by atoms with E-state index in [0.717, 1.165) is 24.2 Å². The molecule has 6 heteroatoms. The number of phenolic OH excluding ortho intramolecular Hbond substituents is 1. The zero-order valence-electron chi connectivity index (χ0n) is 21.2. The number of amides is 1. The third-order valence-corrected chi connectivity index (χ3v) is 6.79. The van der Waals surface area contributed by atoms with Gasteiger partial charge in [-0.25, -0.2) is 4.39 Å². The number of carbonyl (C=O) groups excluding carboxylic acids is 1. The molecule has 2 unspecified atom stereocenters. The van der Waals surface area contributed by atoms with Crippen LogP contribution >= 0.6 is 0 Å². The molecule has 4 rings (SSSR count). The molecule has 36 heavy (non-hydrogen) atoms. The van der Waals surface area contributed by atoms with Crippen molar-refractivity contribution >= 4 is 5.91 Å². The summed E-state index contributed by atoms with van der Waals surface area (Å²) in [6.07, 6.45) is 0. The van der Waals surface area contributed by atoms with Crippen molar-refractivity contribution < 1.29 is 19.0 Å². The van der Waals surface area contributed by atoms with Crippen LogP contribution in [0.25, 0.3) is 0 Å². The Bertz CT molecular complexity index is 1170. The number of aromatic hydroxyl groups is 1. The van der Waals surface area contributed by atoms with Gasteiger partial charge < -0.3 is 14.7 Å². The summed E-state index contributed by atoms with van der Waals surface area (Å²) in [5.74, 6) is 0.919. The average Bonchev–Trinajstić information content (AvgIpc) is 3.26. The number of hydrogen-bond acceptors (Lipinski definition) is 4. The van der Waals surface area contributed by atoms with Crippen molar-refractivity contribution in [3.63, 3.8) is 0 Å². The van der Waals surface area contributed by atoms with Gasteiger partial charge >= 0.3 is 0 Å². The summed E-state index contributed by atoms with van der Waals surface area (Å²) in [4.78, 5) is 17.8. The number of phenols is 1. The molecular formula is C30H35FN2O3. The second-order valence-corrected chi connectivity index (χ2v) is 10.1. The Labute approximate surface area is 213 Å². The van der Waals surface area contributed by atoms with Crippen LogP contribution in [0.2, 0.25) is 0 Å². The van der Waals surface area contributed by atoms with Gasteiger partial charge in [-0.15, -0.1) is 0 Å². The molecule has 2 atom stereocenters. The van der Waals surface area contributed by atoms with E-state index in [1.165, 1.54) is 13.2 Å². The van der Waals surface area contributed by atoms with Gasteiger partial charge in [0.25, 0.3) is 5.91 Å². The lowest BCUT2D eigenvalue weighted by Crippen LogP contribution is -2.39. The van der Waals surface area contributed by atoms with Crippen molar-refractivity contribution in [2.24, 2.45) is 11.8 Å². The van der Waals surface area contributed by atoms with Crippen LogP contribution in [0.1, 0.15) is 41.3 Å². The van der Waals surface area contributed by atoms with Gasteiger partial charge in [-0.2, -0.15) is 0 Å². The summed E-state index contributed by atoms with van der Waals surface area (Å²) < 4.78 is 19.5. The number of rotatable bonds is 9. The van der Waals surface area contributed by atoms with Crippen molar-refractivity contribution in [1.82, 2.24) is 9.80 Å². The molecule has 1 fully saturated rings. The minimum atomic E-state index is -0.243. The van der Waals surface area contributed by atoms with E-state index in [0.29, 0.717) is 36.9 Å². The van der Waals surface area contributed by atoms with Crippen molar-refractivity contribution in [3.05, 3.63) is 95.3 Å². The molecule has 1 aliphatic rings. The monoisotopic (exact) mass is 490 g/mol. The van der Waals surface area contributed by atoms with Crippen molar-refractivity contribution in [2.75, 3.05) is 33.3 Å². The van der Waals surface area contributed by atoms with E-state index >= 15 is 0 Å². The highest BCUT2D eigenvalue weighted by molar-refractivity contribution is 5.94. The fraction of sp³-hybridized carbons (Fsp3) is 0.367. The summed E-state index contributed by atoms with van der Waals surface area (Å²) >= 11 is 0. The van der Waals surface area contributed by atoms with Crippen LogP contribution in [0, 0.1) is 17.7 Å². The van der Waals surface area contributed by atoms with E-state index in [-0.39, 0.29) is 29.3 Å². The maximum atomic E-state index is 14.2. The SMILES string of the molecule is COc1cc(CN2CC(CN(CC(C)C)C(=O)c3ccccc3)C(c3cccc(F)c3)C2)ccc1O. The number of ether oxygens (including phenoxy) is 1. The van der Waals surface area contributed by atoms with Gasteiger partial charge in [-0.05, 0) is 59.4 Å². The van der Waals surface area contributed by atoms with Crippen LogP contribution in [0.5, 0.6) is 11.5 Å². The van der Waals surface area contributed by atoms with Crippen LogP contribution in [0.3, 0.4) is 0 Å². The smallest absolute Gasteiger partial charge is 0.253 e. The molecule has 1 N–H and O–H groups in total. The Hall–Kier alpha value is -3.38. The number of hydrogen-bond donors (Lipinski definition) is 1. The van der Waals surface area contributed by atoms with Crippen LogP contribution in [-0.2, 0) is 6.54 Å². The van der Waals surface area contributed by atoms with Gasteiger partial charge in [-0.1, -0.05) is 50.2 Å². The Kier molecular flexibility index (Phi) is 8.26. The van der Waals surface area contributed by atoms with Crippen LogP contribution in [0.15, 0.2) is 72.8 Å². The lowest BCUT2D eigenvalue weighted by molar-refractivity contribution is 0.0703. The minimum Gasteiger partial charge on any atom is -0.504 e. The fourth-order valence-corrected chi connectivity index (χ4v) is 5.20. The first kappa shape index (κ1) is 25.7. The maximum absolute atomic E-state index is 14.2. The molecular weight excluding hydrogens is 455 g/mol. The lowest BCUT2D eigenvalue weighted by Gasteiger charge is -2.30. The summed E-state index contributed by atoms with van der Waals surface area (Å²) in [7, 11) is 1.54. The number of nitrogens with zero attached hydrogens (tertiary/aromatic N) is 2. The van der Waals surface area contributed by atoms with Crippen LogP contribution in [-0.4, -0.2) is 54.1 Å². The molecule has 0 spiro atoms. The van der Waals surface area contributed by atoms with Gasteiger partial charge in [0.05, 0.1) is 7.11 Å². The summed E-state index contributed by atoms with van der Waals surface area (Å²) in [5.41, 5.74) is 2.68. The number of carbonyl (C=O) groups is 1. The van der Waals surface area contributed by atoms with Crippen LogP contribution < -0.4 is 4.74 Å².